The number of aromatic carboxylic acids is 1. The molecule has 0 spiro atoms. The Kier molecular flexibility index (Phi) is 4.65. The first-order valence-electron chi connectivity index (χ1n) is 6.80. The third kappa shape index (κ3) is 4.07. The van der Waals surface area contributed by atoms with Crippen molar-refractivity contribution in [1.82, 2.24) is 14.8 Å². The van der Waals surface area contributed by atoms with E-state index in [0.717, 1.165) is 12.1 Å². The van der Waals surface area contributed by atoms with Crippen LogP contribution in [0, 0.1) is 0 Å². The van der Waals surface area contributed by atoms with Crippen LogP contribution in [0.1, 0.15) is 20.9 Å². The first-order chi connectivity index (χ1) is 11.7. The SMILES string of the molecule is O=C(O)c1cnn(Cc2nc(-c3cc(Br)cc(C(F)(F)F)c3)cs2)c1. The number of nitrogens with zero attached hydrogens (tertiary/aromatic N) is 3. The van der Waals surface area contributed by atoms with Gasteiger partial charge >= 0.3 is 12.1 Å². The molecule has 0 unspecified atom stereocenters. The minimum atomic E-state index is -4.44. The fourth-order valence-corrected chi connectivity index (χ4v) is 3.40. The molecule has 3 aromatic rings. The van der Waals surface area contributed by atoms with E-state index in [1.807, 2.05) is 0 Å². The minimum Gasteiger partial charge on any atom is -0.478 e. The molecule has 0 fully saturated rings. The summed E-state index contributed by atoms with van der Waals surface area (Å²) in [6, 6.07) is 3.61. The molecule has 0 bridgehead atoms. The van der Waals surface area contributed by atoms with E-state index < -0.39 is 17.7 Å². The number of thiazole rings is 1. The van der Waals surface area contributed by atoms with Gasteiger partial charge in [-0.1, -0.05) is 15.9 Å². The third-order valence-corrected chi connectivity index (χ3v) is 4.54. The van der Waals surface area contributed by atoms with Gasteiger partial charge in [-0.15, -0.1) is 11.3 Å². The molecule has 0 saturated carbocycles. The first-order valence-corrected chi connectivity index (χ1v) is 8.48. The number of alkyl halides is 3. The van der Waals surface area contributed by atoms with Gasteiger partial charge in [0.1, 0.15) is 5.01 Å². The lowest BCUT2D eigenvalue weighted by Crippen LogP contribution is -2.05. The molecule has 1 N–H and O–H groups in total. The Bertz CT molecular complexity index is 936. The van der Waals surface area contributed by atoms with Crippen LogP contribution in [0.25, 0.3) is 11.3 Å². The molecule has 2 heterocycles. The fourth-order valence-electron chi connectivity index (χ4n) is 2.12. The van der Waals surface area contributed by atoms with Crippen LogP contribution in [0.4, 0.5) is 13.2 Å². The second-order valence-electron chi connectivity index (χ2n) is 5.08. The van der Waals surface area contributed by atoms with Crippen molar-refractivity contribution in [2.45, 2.75) is 12.7 Å². The van der Waals surface area contributed by atoms with Crippen LogP contribution in [0.15, 0.2) is 40.4 Å². The molecule has 25 heavy (non-hydrogen) atoms. The van der Waals surface area contributed by atoms with Crippen molar-refractivity contribution in [2.24, 2.45) is 0 Å². The molecular formula is C15H9BrF3N3O2S. The van der Waals surface area contributed by atoms with Crippen molar-refractivity contribution in [1.29, 1.82) is 0 Å². The van der Waals surface area contributed by atoms with Gasteiger partial charge in [-0.3, -0.25) is 4.68 Å². The molecular weight excluding hydrogens is 423 g/mol. The number of carboxylic acid groups (broad SMARTS) is 1. The maximum Gasteiger partial charge on any atom is 0.416 e. The largest absolute Gasteiger partial charge is 0.478 e. The van der Waals surface area contributed by atoms with Gasteiger partial charge in [0.25, 0.3) is 0 Å². The standard InChI is InChI=1S/C15H9BrF3N3O2S/c16-11-2-8(1-10(3-11)15(17,18)19)12-7-25-13(21-12)6-22-5-9(4-20-22)14(23)24/h1-5,7H,6H2,(H,23,24). The van der Waals surface area contributed by atoms with Crippen molar-refractivity contribution in [3.63, 3.8) is 0 Å². The van der Waals surface area contributed by atoms with Crippen LogP contribution in [0.2, 0.25) is 0 Å². The lowest BCUT2D eigenvalue weighted by molar-refractivity contribution is -0.137. The van der Waals surface area contributed by atoms with Crippen LogP contribution in [0.5, 0.6) is 0 Å². The fraction of sp³-hybridized carbons (Fsp3) is 0.133. The van der Waals surface area contributed by atoms with E-state index in [1.165, 1.54) is 28.4 Å². The van der Waals surface area contributed by atoms with Gasteiger partial charge in [-0.05, 0) is 18.2 Å². The zero-order chi connectivity index (χ0) is 18.2. The van der Waals surface area contributed by atoms with Crippen molar-refractivity contribution >= 4 is 33.2 Å². The molecule has 0 amide bonds. The average Bonchev–Trinajstić information content (AvgIpc) is 3.15. The number of halogens is 4. The lowest BCUT2D eigenvalue weighted by Gasteiger charge is -2.09. The predicted octanol–water partition coefficient (Wildman–Crippen LogP) is 4.53. The molecule has 5 nitrogen and oxygen atoms in total. The summed E-state index contributed by atoms with van der Waals surface area (Å²) in [6.07, 6.45) is -1.86. The summed E-state index contributed by atoms with van der Waals surface area (Å²) < 4.78 is 40.5. The predicted molar refractivity (Wildman–Crippen MR) is 88.5 cm³/mol. The van der Waals surface area contributed by atoms with Crippen molar-refractivity contribution in [2.75, 3.05) is 0 Å². The molecule has 10 heteroatoms. The smallest absolute Gasteiger partial charge is 0.416 e. The van der Waals surface area contributed by atoms with Gasteiger partial charge in [0.2, 0.25) is 0 Å². The Balaban J connectivity index is 1.86. The van der Waals surface area contributed by atoms with E-state index in [2.05, 4.69) is 26.0 Å². The number of hydrogen-bond acceptors (Lipinski definition) is 4. The van der Waals surface area contributed by atoms with Gasteiger partial charge < -0.3 is 5.11 Å². The summed E-state index contributed by atoms with van der Waals surface area (Å²) in [5.41, 5.74) is 0.0523. The van der Waals surface area contributed by atoms with Crippen LogP contribution in [-0.2, 0) is 12.7 Å². The Labute approximate surface area is 151 Å². The van der Waals surface area contributed by atoms with E-state index in [4.69, 9.17) is 5.11 Å². The molecule has 0 aliphatic carbocycles. The van der Waals surface area contributed by atoms with Crippen molar-refractivity contribution in [3.05, 3.63) is 56.6 Å². The topological polar surface area (TPSA) is 68.0 Å². The van der Waals surface area contributed by atoms with Crippen LogP contribution < -0.4 is 0 Å². The summed E-state index contributed by atoms with van der Waals surface area (Å²) >= 11 is 4.35. The monoisotopic (exact) mass is 431 g/mol. The van der Waals surface area contributed by atoms with Gasteiger partial charge in [-0.2, -0.15) is 18.3 Å². The molecule has 0 radical (unpaired) electrons. The molecule has 0 atom stereocenters. The lowest BCUT2D eigenvalue weighted by atomic mass is 10.1. The number of hydrogen-bond donors (Lipinski definition) is 1. The van der Waals surface area contributed by atoms with Gasteiger partial charge in [0.05, 0.1) is 29.6 Å². The van der Waals surface area contributed by atoms with E-state index in [9.17, 15) is 18.0 Å². The third-order valence-electron chi connectivity index (χ3n) is 3.25. The van der Waals surface area contributed by atoms with Gasteiger partial charge in [-0.25, -0.2) is 9.78 Å². The van der Waals surface area contributed by atoms with E-state index in [1.54, 1.807) is 11.4 Å². The molecule has 130 valence electrons. The minimum absolute atomic E-state index is 0.0542. The molecule has 0 saturated heterocycles. The van der Waals surface area contributed by atoms with E-state index >= 15 is 0 Å². The van der Waals surface area contributed by atoms with E-state index in [-0.39, 0.29) is 12.1 Å². The number of carboxylic acids is 1. The Morgan fingerprint density at radius 2 is 2.08 bits per heavy atom. The Morgan fingerprint density at radius 1 is 1.32 bits per heavy atom. The van der Waals surface area contributed by atoms with Crippen LogP contribution in [-0.4, -0.2) is 25.8 Å². The number of benzene rings is 1. The highest BCUT2D eigenvalue weighted by molar-refractivity contribution is 9.10. The Morgan fingerprint density at radius 3 is 2.72 bits per heavy atom. The summed E-state index contributed by atoms with van der Waals surface area (Å²) in [5, 5.41) is 15.0. The summed E-state index contributed by atoms with van der Waals surface area (Å²) in [6.45, 7) is 0.234. The maximum atomic E-state index is 12.9. The second-order valence-corrected chi connectivity index (χ2v) is 6.94. The first kappa shape index (κ1) is 17.6. The molecule has 0 aliphatic heterocycles. The molecule has 3 rings (SSSR count). The maximum absolute atomic E-state index is 12.9. The Hall–Kier alpha value is -2.20. The summed E-state index contributed by atoms with van der Waals surface area (Å²) in [5.74, 6) is -1.08. The number of aromatic nitrogens is 3. The average molecular weight is 432 g/mol. The summed E-state index contributed by atoms with van der Waals surface area (Å²) in [7, 11) is 0. The van der Waals surface area contributed by atoms with Gasteiger partial charge in [0, 0.05) is 21.6 Å². The normalized spacial score (nSPS) is 11.7. The molecule has 2 aromatic heterocycles. The number of carbonyl (C=O) groups is 1. The van der Waals surface area contributed by atoms with Gasteiger partial charge in [0.15, 0.2) is 0 Å². The van der Waals surface area contributed by atoms with Crippen molar-refractivity contribution in [3.8, 4) is 11.3 Å². The zero-order valence-corrected chi connectivity index (χ0v) is 14.7. The zero-order valence-electron chi connectivity index (χ0n) is 12.3. The highest BCUT2D eigenvalue weighted by atomic mass is 79.9. The summed E-state index contributed by atoms with van der Waals surface area (Å²) in [4.78, 5) is 15.2. The van der Waals surface area contributed by atoms with Crippen molar-refractivity contribution < 1.29 is 23.1 Å². The highest BCUT2D eigenvalue weighted by Crippen LogP contribution is 2.35. The second kappa shape index (κ2) is 6.60. The van der Waals surface area contributed by atoms with Crippen LogP contribution in [0.3, 0.4) is 0 Å². The molecule has 1 aromatic carbocycles. The van der Waals surface area contributed by atoms with Crippen LogP contribution >= 0.6 is 27.3 Å². The quantitative estimate of drug-likeness (QED) is 0.658. The molecule has 0 aliphatic rings. The highest BCUT2D eigenvalue weighted by Gasteiger charge is 2.31. The number of rotatable bonds is 4. The van der Waals surface area contributed by atoms with E-state index in [0.29, 0.717) is 20.7 Å².